The van der Waals surface area contributed by atoms with E-state index in [-0.39, 0.29) is 11.9 Å². The van der Waals surface area contributed by atoms with E-state index >= 15 is 0 Å². The lowest BCUT2D eigenvalue weighted by Crippen LogP contribution is -2.42. The molecule has 1 aromatic rings. The Labute approximate surface area is 111 Å². The lowest BCUT2D eigenvalue weighted by molar-refractivity contribution is -0.133. The van der Waals surface area contributed by atoms with Crippen molar-refractivity contribution in [3.63, 3.8) is 0 Å². The lowest BCUT2D eigenvalue weighted by Gasteiger charge is -2.25. The number of hydrogen-bond acceptors (Lipinski definition) is 3. The molecule has 0 aliphatic carbocycles. The summed E-state index contributed by atoms with van der Waals surface area (Å²) in [6, 6.07) is 4.01. The number of halogens is 1. The Morgan fingerprint density at radius 3 is 2.94 bits per heavy atom. The van der Waals surface area contributed by atoms with Gasteiger partial charge in [-0.05, 0) is 31.5 Å². The largest absolute Gasteiger partial charge is 0.347 e. The summed E-state index contributed by atoms with van der Waals surface area (Å²) in [5.41, 5.74) is 0. The highest BCUT2D eigenvalue weighted by Gasteiger charge is 2.31. The molecule has 0 aromatic carbocycles. The standard InChI is InChI=1S/C12H17ClN2OS/c1-14(2)12(16)10-4-3-7-15(10)8-9-5-6-11(13)17-9/h5-6,10H,3-4,7-8H2,1-2H3. The van der Waals surface area contributed by atoms with Gasteiger partial charge in [-0.2, -0.15) is 0 Å². The minimum absolute atomic E-state index is 0.0471. The first-order valence-electron chi connectivity index (χ1n) is 5.77. The summed E-state index contributed by atoms with van der Waals surface area (Å²) in [6.45, 7) is 1.83. The number of likely N-dealkylation sites (N-methyl/N-ethyl adjacent to an activating group) is 1. The summed E-state index contributed by atoms with van der Waals surface area (Å²) < 4.78 is 0.815. The van der Waals surface area contributed by atoms with Crippen molar-refractivity contribution in [2.75, 3.05) is 20.6 Å². The van der Waals surface area contributed by atoms with Crippen LogP contribution in [0.15, 0.2) is 12.1 Å². The highest BCUT2D eigenvalue weighted by molar-refractivity contribution is 7.16. The second-order valence-corrected chi connectivity index (χ2v) is 6.37. The van der Waals surface area contributed by atoms with Gasteiger partial charge in [-0.1, -0.05) is 11.6 Å². The van der Waals surface area contributed by atoms with Crippen LogP contribution in [-0.4, -0.2) is 42.4 Å². The molecule has 1 aliphatic heterocycles. The van der Waals surface area contributed by atoms with E-state index in [9.17, 15) is 4.79 Å². The number of carbonyl (C=O) groups excluding carboxylic acids is 1. The quantitative estimate of drug-likeness (QED) is 0.844. The molecule has 1 saturated heterocycles. The first kappa shape index (κ1) is 12.9. The molecular weight excluding hydrogens is 256 g/mol. The van der Waals surface area contributed by atoms with Crippen molar-refractivity contribution in [3.05, 3.63) is 21.3 Å². The summed E-state index contributed by atoms with van der Waals surface area (Å²) in [7, 11) is 3.64. The molecule has 1 aliphatic rings. The van der Waals surface area contributed by atoms with Crippen LogP contribution in [0.1, 0.15) is 17.7 Å². The summed E-state index contributed by atoms with van der Waals surface area (Å²) in [5, 5.41) is 0. The third-order valence-corrected chi connectivity index (χ3v) is 4.29. The molecule has 94 valence electrons. The van der Waals surface area contributed by atoms with Gasteiger partial charge in [0.25, 0.3) is 0 Å². The van der Waals surface area contributed by atoms with E-state index in [1.165, 1.54) is 4.88 Å². The molecule has 5 heteroatoms. The molecule has 1 amide bonds. The topological polar surface area (TPSA) is 23.6 Å². The Hall–Kier alpha value is -0.580. The summed E-state index contributed by atoms with van der Waals surface area (Å²) >= 11 is 7.52. The van der Waals surface area contributed by atoms with Crippen LogP contribution in [0.3, 0.4) is 0 Å². The Morgan fingerprint density at radius 1 is 1.59 bits per heavy atom. The number of amides is 1. The van der Waals surface area contributed by atoms with E-state index in [4.69, 9.17) is 11.6 Å². The number of rotatable bonds is 3. The summed E-state index contributed by atoms with van der Waals surface area (Å²) in [4.78, 5) is 17.2. The number of likely N-dealkylation sites (tertiary alicyclic amines) is 1. The van der Waals surface area contributed by atoms with Crippen molar-refractivity contribution in [2.24, 2.45) is 0 Å². The maximum atomic E-state index is 12.0. The molecular formula is C12H17ClN2OS. The molecule has 0 saturated carbocycles. The van der Waals surface area contributed by atoms with Crippen molar-refractivity contribution < 1.29 is 4.79 Å². The van der Waals surface area contributed by atoms with Gasteiger partial charge in [0.1, 0.15) is 0 Å². The van der Waals surface area contributed by atoms with Crippen LogP contribution in [-0.2, 0) is 11.3 Å². The zero-order valence-corrected chi connectivity index (χ0v) is 11.7. The van der Waals surface area contributed by atoms with E-state index < -0.39 is 0 Å². The zero-order valence-electron chi connectivity index (χ0n) is 10.1. The fraction of sp³-hybridized carbons (Fsp3) is 0.583. The average Bonchev–Trinajstić information content (AvgIpc) is 2.87. The molecule has 2 rings (SSSR count). The summed E-state index contributed by atoms with van der Waals surface area (Å²) in [6.07, 6.45) is 2.07. The highest BCUT2D eigenvalue weighted by atomic mass is 35.5. The minimum Gasteiger partial charge on any atom is -0.347 e. The van der Waals surface area contributed by atoms with Gasteiger partial charge in [0, 0.05) is 25.5 Å². The van der Waals surface area contributed by atoms with Crippen molar-refractivity contribution in [1.29, 1.82) is 0 Å². The summed E-state index contributed by atoms with van der Waals surface area (Å²) in [5.74, 6) is 0.213. The van der Waals surface area contributed by atoms with Crippen molar-refractivity contribution in [3.8, 4) is 0 Å². The van der Waals surface area contributed by atoms with Gasteiger partial charge in [-0.15, -0.1) is 11.3 Å². The SMILES string of the molecule is CN(C)C(=O)C1CCCN1Cc1ccc(Cl)s1. The van der Waals surface area contributed by atoms with Crippen molar-refractivity contribution >= 4 is 28.8 Å². The van der Waals surface area contributed by atoms with Crippen LogP contribution in [0.4, 0.5) is 0 Å². The van der Waals surface area contributed by atoms with Gasteiger partial charge in [-0.3, -0.25) is 9.69 Å². The van der Waals surface area contributed by atoms with Crippen LogP contribution >= 0.6 is 22.9 Å². The smallest absolute Gasteiger partial charge is 0.239 e. The number of thiophene rings is 1. The van der Waals surface area contributed by atoms with Crippen molar-refractivity contribution in [2.45, 2.75) is 25.4 Å². The minimum atomic E-state index is 0.0471. The molecule has 0 N–H and O–H groups in total. The molecule has 2 heterocycles. The number of carbonyl (C=O) groups is 1. The van der Waals surface area contributed by atoms with Gasteiger partial charge in [0.05, 0.1) is 10.4 Å². The fourth-order valence-electron chi connectivity index (χ4n) is 2.23. The normalized spacial score (nSPS) is 20.8. The van der Waals surface area contributed by atoms with Gasteiger partial charge < -0.3 is 4.90 Å². The third kappa shape index (κ3) is 3.00. The maximum absolute atomic E-state index is 12.0. The fourth-order valence-corrected chi connectivity index (χ4v) is 3.34. The Kier molecular flexibility index (Phi) is 4.07. The highest BCUT2D eigenvalue weighted by Crippen LogP contribution is 2.26. The molecule has 1 fully saturated rings. The van der Waals surface area contributed by atoms with E-state index in [0.29, 0.717) is 0 Å². The molecule has 1 aromatic heterocycles. The molecule has 1 atom stereocenters. The van der Waals surface area contributed by atoms with Gasteiger partial charge in [-0.25, -0.2) is 0 Å². The van der Waals surface area contributed by atoms with E-state index in [1.54, 1.807) is 16.2 Å². The van der Waals surface area contributed by atoms with E-state index in [0.717, 1.165) is 30.3 Å². The third-order valence-electron chi connectivity index (χ3n) is 3.08. The number of hydrogen-bond donors (Lipinski definition) is 0. The average molecular weight is 273 g/mol. The van der Waals surface area contributed by atoms with E-state index in [1.807, 2.05) is 26.2 Å². The predicted octanol–water partition coefficient (Wildman–Crippen LogP) is 2.45. The predicted molar refractivity (Wildman–Crippen MR) is 71.5 cm³/mol. The Morgan fingerprint density at radius 2 is 2.35 bits per heavy atom. The molecule has 0 bridgehead atoms. The lowest BCUT2D eigenvalue weighted by atomic mass is 10.2. The molecule has 3 nitrogen and oxygen atoms in total. The second kappa shape index (κ2) is 5.38. The maximum Gasteiger partial charge on any atom is 0.239 e. The Balaban J connectivity index is 2.02. The molecule has 0 spiro atoms. The van der Waals surface area contributed by atoms with E-state index in [2.05, 4.69) is 4.90 Å². The van der Waals surface area contributed by atoms with Gasteiger partial charge in [0.2, 0.25) is 5.91 Å². The van der Waals surface area contributed by atoms with Crippen molar-refractivity contribution in [1.82, 2.24) is 9.80 Å². The number of nitrogens with zero attached hydrogens (tertiary/aromatic N) is 2. The second-order valence-electron chi connectivity index (χ2n) is 4.57. The first-order chi connectivity index (χ1) is 8.08. The van der Waals surface area contributed by atoms with Gasteiger partial charge >= 0.3 is 0 Å². The molecule has 0 radical (unpaired) electrons. The first-order valence-corrected chi connectivity index (χ1v) is 6.97. The van der Waals surface area contributed by atoms with Gasteiger partial charge in [0.15, 0.2) is 0 Å². The van der Waals surface area contributed by atoms with Crippen LogP contribution < -0.4 is 0 Å². The van der Waals surface area contributed by atoms with Crippen LogP contribution in [0.5, 0.6) is 0 Å². The Bertz CT molecular complexity index is 405. The van der Waals surface area contributed by atoms with Crippen LogP contribution in [0.25, 0.3) is 0 Å². The van der Waals surface area contributed by atoms with Crippen LogP contribution in [0, 0.1) is 0 Å². The van der Waals surface area contributed by atoms with Crippen LogP contribution in [0.2, 0.25) is 4.34 Å². The zero-order chi connectivity index (χ0) is 12.4. The molecule has 17 heavy (non-hydrogen) atoms. The molecule has 1 unspecified atom stereocenters. The monoisotopic (exact) mass is 272 g/mol.